The summed E-state index contributed by atoms with van der Waals surface area (Å²) < 4.78 is 12.8. The summed E-state index contributed by atoms with van der Waals surface area (Å²) in [7, 11) is 4.05. The van der Waals surface area contributed by atoms with Gasteiger partial charge in [-0.3, -0.25) is 14.9 Å². The minimum atomic E-state index is 0.00572. The topological polar surface area (TPSA) is 82.6 Å². The monoisotopic (exact) mass is 535 g/mol. The van der Waals surface area contributed by atoms with Gasteiger partial charge in [0.1, 0.15) is 6.33 Å². The fraction of sp³-hybridized carbons (Fsp3) is 0.536. The van der Waals surface area contributed by atoms with E-state index in [1.807, 2.05) is 23.7 Å². The Bertz CT molecular complexity index is 1300. The Morgan fingerprint density at radius 1 is 1.21 bits per heavy atom. The molecule has 0 bridgehead atoms. The standard InChI is InChI=1S/C28H37N7O2S/c1-33(9-4-13-36-2)20-7-10-34(11-8-20)28(26-15-24-27(38-26)17-29-19-30-24)35-12-14-37-25(18-35)21-5-3-6-23-22(21)16-31-32-23/h3,5-6,15-17,19-20,25,28H,4,7-14,18H2,1-2H3,(H,31,32). The summed E-state index contributed by atoms with van der Waals surface area (Å²) in [5.74, 6) is 0. The molecule has 2 fully saturated rings. The summed E-state index contributed by atoms with van der Waals surface area (Å²) in [5.41, 5.74) is 3.29. The Morgan fingerprint density at radius 3 is 2.95 bits per heavy atom. The molecule has 3 aromatic heterocycles. The minimum absolute atomic E-state index is 0.00572. The van der Waals surface area contributed by atoms with Crippen molar-refractivity contribution in [2.45, 2.75) is 37.6 Å². The average Bonchev–Trinajstić information content (AvgIpc) is 3.61. The maximum atomic E-state index is 6.36. The predicted octanol–water partition coefficient (Wildman–Crippen LogP) is 4.07. The van der Waals surface area contributed by atoms with E-state index in [1.54, 1.807) is 13.4 Å². The molecule has 4 aromatic rings. The lowest BCUT2D eigenvalue weighted by atomic mass is 10.0. The first-order valence-corrected chi connectivity index (χ1v) is 14.4. The van der Waals surface area contributed by atoms with Crippen LogP contribution in [0.2, 0.25) is 0 Å². The number of rotatable bonds is 9. The summed E-state index contributed by atoms with van der Waals surface area (Å²) in [4.78, 5) is 18.0. The Hall–Kier alpha value is -2.47. The van der Waals surface area contributed by atoms with E-state index in [0.29, 0.717) is 12.6 Å². The van der Waals surface area contributed by atoms with Crippen molar-refractivity contribution < 1.29 is 9.47 Å². The van der Waals surface area contributed by atoms with Gasteiger partial charge in [-0.1, -0.05) is 12.1 Å². The second-order valence-corrected chi connectivity index (χ2v) is 11.5. The number of piperidine rings is 1. The first kappa shape index (κ1) is 25.8. The number of benzene rings is 1. The van der Waals surface area contributed by atoms with E-state index in [-0.39, 0.29) is 12.3 Å². The molecular formula is C28H37N7O2S. The Labute approximate surface area is 227 Å². The third-order valence-electron chi connectivity index (χ3n) is 8.11. The zero-order valence-electron chi connectivity index (χ0n) is 22.3. The van der Waals surface area contributed by atoms with Crippen LogP contribution in [0, 0.1) is 0 Å². The molecular weight excluding hydrogens is 498 g/mol. The number of fused-ring (bicyclic) bond motifs is 2. The smallest absolute Gasteiger partial charge is 0.116 e. The maximum Gasteiger partial charge on any atom is 0.116 e. The number of nitrogens with zero attached hydrogens (tertiary/aromatic N) is 6. The highest BCUT2D eigenvalue weighted by Crippen LogP contribution is 2.38. The zero-order valence-corrected chi connectivity index (χ0v) is 23.1. The number of ether oxygens (including phenoxy) is 2. The van der Waals surface area contributed by atoms with E-state index in [0.717, 1.165) is 66.9 Å². The van der Waals surface area contributed by atoms with E-state index in [4.69, 9.17) is 9.47 Å². The quantitative estimate of drug-likeness (QED) is 0.321. The highest BCUT2D eigenvalue weighted by atomic mass is 32.1. The summed E-state index contributed by atoms with van der Waals surface area (Å²) in [5, 5.41) is 8.53. The van der Waals surface area contributed by atoms with Gasteiger partial charge in [0.2, 0.25) is 0 Å². The van der Waals surface area contributed by atoms with Crippen LogP contribution in [0.15, 0.2) is 43.0 Å². The molecule has 2 aliphatic heterocycles. The maximum absolute atomic E-state index is 6.36. The van der Waals surface area contributed by atoms with Crippen LogP contribution < -0.4 is 0 Å². The second-order valence-electron chi connectivity index (χ2n) is 10.4. The molecule has 6 rings (SSSR count). The van der Waals surface area contributed by atoms with Crippen LogP contribution in [0.4, 0.5) is 0 Å². The number of aromatic nitrogens is 4. The van der Waals surface area contributed by atoms with Crippen molar-refractivity contribution in [2.24, 2.45) is 0 Å². The Balaban J connectivity index is 1.24. The number of H-pyrrole nitrogens is 1. The molecule has 1 N–H and O–H groups in total. The van der Waals surface area contributed by atoms with Gasteiger partial charge < -0.3 is 14.4 Å². The lowest BCUT2D eigenvalue weighted by molar-refractivity contribution is -0.0828. The summed E-state index contributed by atoms with van der Waals surface area (Å²) in [6.45, 7) is 6.50. The number of hydrogen-bond acceptors (Lipinski definition) is 9. The number of aromatic amines is 1. The highest BCUT2D eigenvalue weighted by molar-refractivity contribution is 7.19. The summed E-state index contributed by atoms with van der Waals surface area (Å²) >= 11 is 1.83. The van der Waals surface area contributed by atoms with Gasteiger partial charge in [0.15, 0.2) is 0 Å². The average molecular weight is 536 g/mol. The molecule has 1 aromatic carbocycles. The number of methoxy groups -OCH3 is 1. The molecule has 2 unspecified atom stereocenters. The first-order chi connectivity index (χ1) is 18.7. The SMILES string of the molecule is COCCCN(C)C1CCN(C(c2cc3ncncc3s2)N2CCOC(c3cccc4[nH]ncc34)C2)CC1. The van der Waals surface area contributed by atoms with E-state index in [9.17, 15) is 0 Å². The highest BCUT2D eigenvalue weighted by Gasteiger charge is 2.36. The van der Waals surface area contributed by atoms with Gasteiger partial charge in [-0.25, -0.2) is 9.97 Å². The van der Waals surface area contributed by atoms with Crippen LogP contribution in [0.1, 0.15) is 42.0 Å². The fourth-order valence-corrected chi connectivity index (χ4v) is 7.24. The predicted molar refractivity (Wildman–Crippen MR) is 150 cm³/mol. The number of hydrogen-bond donors (Lipinski definition) is 1. The first-order valence-electron chi connectivity index (χ1n) is 13.6. The van der Waals surface area contributed by atoms with Gasteiger partial charge in [-0.15, -0.1) is 11.3 Å². The molecule has 0 aliphatic carbocycles. The summed E-state index contributed by atoms with van der Waals surface area (Å²) in [6.07, 6.45) is 9.14. The van der Waals surface area contributed by atoms with Crippen LogP contribution in [-0.4, -0.2) is 101 Å². The van der Waals surface area contributed by atoms with Crippen LogP contribution in [-0.2, 0) is 9.47 Å². The van der Waals surface area contributed by atoms with Gasteiger partial charge in [0.25, 0.3) is 0 Å². The lowest BCUT2D eigenvalue weighted by Crippen LogP contribution is -2.51. The molecule has 0 amide bonds. The normalized spacial score (nSPS) is 21.1. The second kappa shape index (κ2) is 11.7. The number of morpholine rings is 1. The van der Waals surface area contributed by atoms with Crippen molar-refractivity contribution in [3.05, 3.63) is 53.4 Å². The van der Waals surface area contributed by atoms with E-state index >= 15 is 0 Å². The van der Waals surface area contributed by atoms with Crippen LogP contribution in [0.5, 0.6) is 0 Å². The van der Waals surface area contributed by atoms with Crippen molar-refractivity contribution in [2.75, 3.05) is 60.1 Å². The molecule has 2 saturated heterocycles. The van der Waals surface area contributed by atoms with E-state index in [1.165, 1.54) is 23.3 Å². The van der Waals surface area contributed by atoms with Crippen molar-refractivity contribution in [1.29, 1.82) is 0 Å². The molecule has 5 heterocycles. The molecule has 10 heteroatoms. The molecule has 0 radical (unpaired) electrons. The van der Waals surface area contributed by atoms with Crippen LogP contribution in [0.3, 0.4) is 0 Å². The third-order valence-corrected chi connectivity index (χ3v) is 9.20. The van der Waals surface area contributed by atoms with Crippen LogP contribution >= 0.6 is 11.3 Å². The van der Waals surface area contributed by atoms with Gasteiger partial charge in [0.05, 0.1) is 40.8 Å². The molecule has 2 aliphatic rings. The fourth-order valence-electron chi connectivity index (χ4n) is 6.09. The van der Waals surface area contributed by atoms with Gasteiger partial charge in [-0.05, 0) is 44.0 Å². The van der Waals surface area contributed by atoms with E-state index in [2.05, 4.69) is 66.2 Å². The molecule has 0 spiro atoms. The number of likely N-dealkylation sites (tertiary alicyclic amines) is 1. The van der Waals surface area contributed by atoms with E-state index < -0.39 is 0 Å². The number of nitrogens with one attached hydrogen (secondary N) is 1. The Kier molecular flexibility index (Phi) is 7.96. The third kappa shape index (κ3) is 5.34. The van der Waals surface area contributed by atoms with Crippen molar-refractivity contribution in [1.82, 2.24) is 34.9 Å². The van der Waals surface area contributed by atoms with Crippen molar-refractivity contribution >= 4 is 32.5 Å². The summed E-state index contributed by atoms with van der Waals surface area (Å²) in [6, 6.07) is 9.24. The number of thiophene rings is 1. The lowest BCUT2D eigenvalue weighted by Gasteiger charge is -2.46. The largest absolute Gasteiger partial charge is 0.385 e. The Morgan fingerprint density at radius 2 is 2.11 bits per heavy atom. The zero-order chi connectivity index (χ0) is 25.9. The molecule has 9 nitrogen and oxygen atoms in total. The van der Waals surface area contributed by atoms with Gasteiger partial charge in [-0.2, -0.15) is 5.10 Å². The molecule has 38 heavy (non-hydrogen) atoms. The minimum Gasteiger partial charge on any atom is -0.385 e. The van der Waals surface area contributed by atoms with Crippen LogP contribution in [0.25, 0.3) is 21.1 Å². The molecule has 2 atom stereocenters. The molecule has 202 valence electrons. The van der Waals surface area contributed by atoms with Gasteiger partial charge in [0, 0.05) is 68.9 Å². The van der Waals surface area contributed by atoms with Crippen molar-refractivity contribution in [3.8, 4) is 0 Å². The van der Waals surface area contributed by atoms with Gasteiger partial charge >= 0.3 is 0 Å². The molecule has 0 saturated carbocycles. The van der Waals surface area contributed by atoms with Crippen molar-refractivity contribution in [3.63, 3.8) is 0 Å².